The van der Waals surface area contributed by atoms with E-state index in [0.717, 1.165) is 37.1 Å². The van der Waals surface area contributed by atoms with Crippen LogP contribution in [0.1, 0.15) is 71.1 Å². The zero-order valence-corrected chi connectivity index (χ0v) is 13.0. The monoisotopic (exact) mass is 277 g/mol. The summed E-state index contributed by atoms with van der Waals surface area (Å²) in [5, 5.41) is 14.3. The van der Waals surface area contributed by atoms with Crippen molar-refractivity contribution < 1.29 is 5.11 Å². The summed E-state index contributed by atoms with van der Waals surface area (Å²) in [5.74, 6) is 3.08. The molecule has 5 saturated carbocycles. The fourth-order valence-electron chi connectivity index (χ4n) is 6.48. The van der Waals surface area contributed by atoms with E-state index < -0.39 is 5.60 Å². The lowest BCUT2D eigenvalue weighted by Gasteiger charge is -2.59. The highest BCUT2D eigenvalue weighted by atomic mass is 16.3. The SMILES string of the molecule is CC(NCC1(O)CCCC1)C12CC3CC(CC(C3)C1)C2. The van der Waals surface area contributed by atoms with Crippen LogP contribution in [0.25, 0.3) is 0 Å². The summed E-state index contributed by atoms with van der Waals surface area (Å²) in [6.45, 7) is 3.24. The number of rotatable bonds is 4. The lowest BCUT2D eigenvalue weighted by molar-refractivity contribution is -0.0741. The lowest BCUT2D eigenvalue weighted by Crippen LogP contribution is -2.56. The van der Waals surface area contributed by atoms with E-state index in [1.807, 2.05) is 0 Å². The first-order valence-electron chi connectivity index (χ1n) is 9.03. The highest BCUT2D eigenvalue weighted by Crippen LogP contribution is 2.61. The van der Waals surface area contributed by atoms with E-state index in [0.29, 0.717) is 11.5 Å². The largest absolute Gasteiger partial charge is 0.389 e. The third-order valence-electron chi connectivity index (χ3n) is 7.28. The summed E-state index contributed by atoms with van der Waals surface area (Å²) in [5.41, 5.74) is 0.181. The quantitative estimate of drug-likeness (QED) is 0.824. The predicted octanol–water partition coefficient (Wildman–Crippen LogP) is 3.49. The summed E-state index contributed by atoms with van der Waals surface area (Å²) in [7, 11) is 0. The second-order valence-electron chi connectivity index (χ2n) is 8.81. The molecule has 5 aliphatic carbocycles. The Kier molecular flexibility index (Phi) is 3.20. The van der Waals surface area contributed by atoms with Crippen molar-refractivity contribution in [1.82, 2.24) is 5.32 Å². The third-order valence-corrected chi connectivity index (χ3v) is 7.28. The van der Waals surface area contributed by atoms with Gasteiger partial charge in [-0.25, -0.2) is 0 Å². The molecule has 0 aliphatic heterocycles. The predicted molar refractivity (Wildman–Crippen MR) is 81.5 cm³/mol. The fraction of sp³-hybridized carbons (Fsp3) is 1.00. The molecule has 114 valence electrons. The zero-order valence-electron chi connectivity index (χ0n) is 13.0. The molecule has 2 N–H and O–H groups in total. The first-order valence-corrected chi connectivity index (χ1v) is 9.03. The van der Waals surface area contributed by atoms with Gasteiger partial charge in [0.1, 0.15) is 0 Å². The van der Waals surface area contributed by atoms with Gasteiger partial charge >= 0.3 is 0 Å². The Morgan fingerprint density at radius 1 is 1.00 bits per heavy atom. The zero-order chi connectivity index (χ0) is 13.8. The fourth-order valence-corrected chi connectivity index (χ4v) is 6.48. The molecule has 1 atom stereocenters. The minimum Gasteiger partial charge on any atom is -0.389 e. The number of hydrogen-bond donors (Lipinski definition) is 2. The summed E-state index contributed by atoms with van der Waals surface area (Å²) in [4.78, 5) is 0. The van der Waals surface area contributed by atoms with Gasteiger partial charge in [-0.1, -0.05) is 12.8 Å². The smallest absolute Gasteiger partial charge is 0.0771 e. The normalized spacial score (nSPS) is 46.8. The first-order chi connectivity index (χ1) is 9.57. The minimum absolute atomic E-state index is 0.392. The first kappa shape index (κ1) is 13.6. The van der Waals surface area contributed by atoms with Crippen LogP contribution in [-0.2, 0) is 0 Å². The molecule has 0 aromatic carbocycles. The van der Waals surface area contributed by atoms with Crippen LogP contribution in [0.3, 0.4) is 0 Å². The van der Waals surface area contributed by atoms with Gasteiger partial charge in [0.2, 0.25) is 0 Å². The maximum atomic E-state index is 10.6. The molecular weight excluding hydrogens is 246 g/mol. The van der Waals surface area contributed by atoms with Crippen LogP contribution in [0, 0.1) is 23.2 Å². The second-order valence-corrected chi connectivity index (χ2v) is 8.81. The van der Waals surface area contributed by atoms with E-state index >= 15 is 0 Å². The van der Waals surface area contributed by atoms with Gasteiger partial charge in [-0.05, 0) is 81.5 Å². The molecule has 4 bridgehead atoms. The van der Waals surface area contributed by atoms with Gasteiger partial charge in [0.15, 0.2) is 0 Å². The van der Waals surface area contributed by atoms with E-state index in [1.54, 1.807) is 0 Å². The molecule has 0 aromatic heterocycles. The molecule has 20 heavy (non-hydrogen) atoms. The molecule has 2 heteroatoms. The Morgan fingerprint density at radius 2 is 1.50 bits per heavy atom. The molecular formula is C18H31NO. The Balaban J connectivity index is 1.41. The van der Waals surface area contributed by atoms with Crippen molar-refractivity contribution in [2.24, 2.45) is 23.2 Å². The highest BCUT2D eigenvalue weighted by molar-refractivity contribution is 5.05. The molecule has 0 spiro atoms. The van der Waals surface area contributed by atoms with E-state index in [2.05, 4.69) is 12.2 Å². The molecule has 1 unspecified atom stereocenters. The molecule has 2 nitrogen and oxygen atoms in total. The maximum absolute atomic E-state index is 10.6. The van der Waals surface area contributed by atoms with Gasteiger partial charge in [0.25, 0.3) is 0 Å². The van der Waals surface area contributed by atoms with Gasteiger partial charge in [0, 0.05) is 12.6 Å². The van der Waals surface area contributed by atoms with Crippen LogP contribution in [0.5, 0.6) is 0 Å². The average molecular weight is 277 g/mol. The van der Waals surface area contributed by atoms with Crippen LogP contribution >= 0.6 is 0 Å². The van der Waals surface area contributed by atoms with Crippen LogP contribution < -0.4 is 5.32 Å². The molecule has 0 saturated heterocycles. The average Bonchev–Trinajstić information content (AvgIpc) is 2.82. The summed E-state index contributed by atoms with van der Waals surface area (Å²) >= 11 is 0. The molecule has 0 radical (unpaired) electrons. The van der Waals surface area contributed by atoms with E-state index in [4.69, 9.17) is 0 Å². The molecule has 0 heterocycles. The standard InChI is InChI=1S/C18H31NO/c1-13(19-12-18(20)4-2-3-5-18)17-9-14-6-15(10-17)8-16(7-14)11-17/h13-16,19-20H,2-12H2,1H3. The minimum atomic E-state index is -0.392. The van der Waals surface area contributed by atoms with Crippen LogP contribution in [0.4, 0.5) is 0 Å². The van der Waals surface area contributed by atoms with Gasteiger partial charge in [-0.15, -0.1) is 0 Å². The topological polar surface area (TPSA) is 32.3 Å². The van der Waals surface area contributed by atoms with Crippen molar-refractivity contribution in [3.8, 4) is 0 Å². The van der Waals surface area contributed by atoms with E-state index in [-0.39, 0.29) is 0 Å². The van der Waals surface area contributed by atoms with Gasteiger partial charge < -0.3 is 10.4 Å². The van der Waals surface area contributed by atoms with Crippen molar-refractivity contribution in [3.05, 3.63) is 0 Å². The van der Waals surface area contributed by atoms with Crippen LogP contribution in [0.2, 0.25) is 0 Å². The Labute approximate surface area is 123 Å². The Morgan fingerprint density at radius 3 is 2.00 bits per heavy atom. The molecule has 5 aliphatic rings. The number of aliphatic hydroxyl groups is 1. The van der Waals surface area contributed by atoms with E-state index in [1.165, 1.54) is 51.4 Å². The lowest BCUT2D eigenvalue weighted by atomic mass is 9.48. The van der Waals surface area contributed by atoms with Gasteiger partial charge in [0.05, 0.1) is 5.60 Å². The molecule has 5 rings (SSSR count). The third kappa shape index (κ3) is 2.23. The van der Waals surface area contributed by atoms with Crippen molar-refractivity contribution in [3.63, 3.8) is 0 Å². The highest BCUT2D eigenvalue weighted by Gasteiger charge is 2.53. The second kappa shape index (κ2) is 4.71. The summed E-state index contributed by atoms with van der Waals surface area (Å²) in [6, 6.07) is 0.598. The Hall–Kier alpha value is -0.0800. The van der Waals surface area contributed by atoms with Crippen molar-refractivity contribution in [1.29, 1.82) is 0 Å². The van der Waals surface area contributed by atoms with Crippen LogP contribution in [-0.4, -0.2) is 23.3 Å². The molecule has 0 amide bonds. The van der Waals surface area contributed by atoms with Crippen LogP contribution in [0.15, 0.2) is 0 Å². The van der Waals surface area contributed by atoms with Crippen molar-refractivity contribution in [2.75, 3.05) is 6.54 Å². The van der Waals surface area contributed by atoms with Gasteiger partial charge in [-0.2, -0.15) is 0 Å². The number of hydrogen-bond acceptors (Lipinski definition) is 2. The maximum Gasteiger partial charge on any atom is 0.0771 e. The van der Waals surface area contributed by atoms with Gasteiger partial charge in [-0.3, -0.25) is 0 Å². The molecule has 0 aromatic rings. The van der Waals surface area contributed by atoms with E-state index in [9.17, 15) is 5.11 Å². The number of nitrogens with one attached hydrogen (secondary N) is 1. The Bertz CT molecular complexity index is 336. The van der Waals surface area contributed by atoms with Crippen molar-refractivity contribution in [2.45, 2.75) is 82.8 Å². The summed E-state index contributed by atoms with van der Waals surface area (Å²) < 4.78 is 0. The molecule has 5 fully saturated rings. The van der Waals surface area contributed by atoms with Crippen molar-refractivity contribution >= 4 is 0 Å². The summed E-state index contributed by atoms with van der Waals surface area (Å²) in [6.07, 6.45) is 13.4.